The monoisotopic (exact) mass is 387 g/mol. The van der Waals surface area contributed by atoms with Gasteiger partial charge >= 0.3 is 0 Å². The Hall–Kier alpha value is -3.39. The van der Waals surface area contributed by atoms with Crippen LogP contribution in [0.15, 0.2) is 42.5 Å². The van der Waals surface area contributed by atoms with E-state index in [0.29, 0.717) is 5.69 Å². The van der Waals surface area contributed by atoms with E-state index >= 15 is 0 Å². The molecule has 1 heterocycles. The van der Waals surface area contributed by atoms with Gasteiger partial charge in [0.25, 0.3) is 0 Å². The maximum atomic E-state index is 12.1. The molecule has 1 aliphatic rings. The van der Waals surface area contributed by atoms with Crippen molar-refractivity contribution in [2.75, 3.05) is 18.2 Å². The number of aromatic nitrogens is 1. The van der Waals surface area contributed by atoms with Crippen molar-refractivity contribution in [3.05, 3.63) is 53.7 Å². The predicted molar refractivity (Wildman–Crippen MR) is 117 cm³/mol. The van der Waals surface area contributed by atoms with Crippen molar-refractivity contribution in [3.8, 4) is 17.6 Å². The van der Waals surface area contributed by atoms with Gasteiger partial charge in [-0.05, 0) is 62.1 Å². The van der Waals surface area contributed by atoms with E-state index in [-0.39, 0.29) is 11.8 Å². The number of amides is 1. The van der Waals surface area contributed by atoms with Gasteiger partial charge in [0.05, 0.1) is 18.3 Å². The van der Waals surface area contributed by atoms with Crippen LogP contribution in [0.25, 0.3) is 10.9 Å². The molecule has 1 amide bonds. The quantitative estimate of drug-likeness (QED) is 0.652. The first kappa shape index (κ1) is 18.9. The highest BCUT2D eigenvalue weighted by Crippen LogP contribution is 2.31. The van der Waals surface area contributed by atoms with Crippen molar-refractivity contribution in [1.82, 2.24) is 4.57 Å². The Labute approximate surface area is 170 Å². The average molecular weight is 387 g/mol. The highest BCUT2D eigenvalue weighted by atomic mass is 16.5. The number of aryl methyl sites for hydroxylation is 1. The SMILES string of the molecule is CCn1c(C#Cc2ccc(NC(=O)C3CCC3)cc2)c(N)c2ccc(OC)cc21. The smallest absolute Gasteiger partial charge is 0.227 e. The highest BCUT2D eigenvalue weighted by Gasteiger charge is 2.25. The Morgan fingerprint density at radius 3 is 2.59 bits per heavy atom. The lowest BCUT2D eigenvalue weighted by atomic mass is 9.85. The molecule has 5 nitrogen and oxygen atoms in total. The molecule has 1 aromatic heterocycles. The van der Waals surface area contributed by atoms with Crippen LogP contribution < -0.4 is 15.8 Å². The maximum Gasteiger partial charge on any atom is 0.227 e. The Bertz CT molecular complexity index is 1110. The number of rotatable bonds is 4. The average Bonchev–Trinajstić information content (AvgIpc) is 2.96. The first-order valence-electron chi connectivity index (χ1n) is 9.99. The molecule has 0 spiro atoms. The number of nitrogens with zero attached hydrogens (tertiary/aromatic N) is 1. The van der Waals surface area contributed by atoms with Gasteiger partial charge in [0.2, 0.25) is 5.91 Å². The zero-order chi connectivity index (χ0) is 20.4. The summed E-state index contributed by atoms with van der Waals surface area (Å²) in [5.41, 5.74) is 10.6. The molecule has 3 aromatic rings. The van der Waals surface area contributed by atoms with Crippen LogP contribution in [-0.2, 0) is 11.3 Å². The fourth-order valence-electron chi connectivity index (χ4n) is 3.63. The van der Waals surface area contributed by atoms with E-state index in [1.165, 1.54) is 0 Å². The van der Waals surface area contributed by atoms with E-state index in [2.05, 4.69) is 28.6 Å². The normalized spacial score (nSPS) is 13.4. The molecule has 0 saturated heterocycles. The molecule has 0 aliphatic heterocycles. The lowest BCUT2D eigenvalue weighted by molar-refractivity contribution is -0.122. The number of methoxy groups -OCH3 is 1. The largest absolute Gasteiger partial charge is 0.497 e. The van der Waals surface area contributed by atoms with Crippen molar-refractivity contribution in [1.29, 1.82) is 0 Å². The molecular formula is C24H25N3O2. The van der Waals surface area contributed by atoms with Gasteiger partial charge in [-0.25, -0.2) is 0 Å². The number of ether oxygens (including phenoxy) is 1. The predicted octanol–water partition coefficient (Wildman–Crippen LogP) is 4.39. The summed E-state index contributed by atoms with van der Waals surface area (Å²) in [6, 6.07) is 13.5. The van der Waals surface area contributed by atoms with Crippen LogP contribution in [0, 0.1) is 17.8 Å². The molecule has 1 aliphatic carbocycles. The molecule has 2 aromatic carbocycles. The van der Waals surface area contributed by atoms with Crippen LogP contribution in [0.5, 0.6) is 5.75 Å². The zero-order valence-corrected chi connectivity index (χ0v) is 16.8. The van der Waals surface area contributed by atoms with Crippen molar-refractivity contribution >= 4 is 28.2 Å². The minimum Gasteiger partial charge on any atom is -0.497 e. The van der Waals surface area contributed by atoms with Crippen LogP contribution >= 0.6 is 0 Å². The minimum atomic E-state index is 0.116. The lowest BCUT2D eigenvalue weighted by Crippen LogP contribution is -2.27. The first-order valence-corrected chi connectivity index (χ1v) is 9.99. The van der Waals surface area contributed by atoms with E-state index in [0.717, 1.165) is 59.4 Å². The molecule has 0 bridgehead atoms. The van der Waals surface area contributed by atoms with Gasteiger partial charge in [0.1, 0.15) is 11.4 Å². The van der Waals surface area contributed by atoms with Gasteiger partial charge in [-0.15, -0.1) is 0 Å². The Morgan fingerprint density at radius 2 is 1.97 bits per heavy atom. The van der Waals surface area contributed by atoms with Crippen LogP contribution in [0.1, 0.15) is 37.4 Å². The van der Waals surface area contributed by atoms with E-state index in [1.807, 2.05) is 42.5 Å². The molecule has 148 valence electrons. The summed E-state index contributed by atoms with van der Waals surface area (Å²) in [6.45, 7) is 2.83. The Morgan fingerprint density at radius 1 is 1.21 bits per heavy atom. The first-order chi connectivity index (χ1) is 14.1. The zero-order valence-electron chi connectivity index (χ0n) is 16.8. The van der Waals surface area contributed by atoms with Crippen LogP contribution in [-0.4, -0.2) is 17.6 Å². The van der Waals surface area contributed by atoms with E-state index in [1.54, 1.807) is 7.11 Å². The number of hydrogen-bond donors (Lipinski definition) is 2. The number of carbonyl (C=O) groups is 1. The molecule has 0 unspecified atom stereocenters. The van der Waals surface area contributed by atoms with E-state index in [4.69, 9.17) is 10.5 Å². The fraction of sp³-hybridized carbons (Fsp3) is 0.292. The van der Waals surface area contributed by atoms with Crippen molar-refractivity contribution < 1.29 is 9.53 Å². The van der Waals surface area contributed by atoms with Crippen LogP contribution in [0.4, 0.5) is 11.4 Å². The number of carbonyl (C=O) groups excluding carboxylic acids is 1. The molecule has 0 radical (unpaired) electrons. The number of hydrogen-bond acceptors (Lipinski definition) is 3. The molecule has 3 N–H and O–H groups in total. The summed E-state index contributed by atoms with van der Waals surface area (Å²) in [7, 11) is 1.66. The second-order valence-electron chi connectivity index (χ2n) is 7.33. The molecule has 29 heavy (non-hydrogen) atoms. The second-order valence-corrected chi connectivity index (χ2v) is 7.33. The standard InChI is InChI=1S/C24H25N3O2/c1-3-27-21(23(25)20-13-12-19(29-2)15-22(20)27)14-9-16-7-10-18(11-8-16)26-24(28)17-5-4-6-17/h7-8,10-13,15,17H,3-6,25H2,1-2H3,(H,26,28). The molecule has 1 saturated carbocycles. The third kappa shape index (κ3) is 3.66. The number of nitrogen functional groups attached to an aromatic ring is 1. The summed E-state index contributed by atoms with van der Waals surface area (Å²) in [6.07, 6.45) is 3.14. The summed E-state index contributed by atoms with van der Waals surface area (Å²) in [4.78, 5) is 12.1. The van der Waals surface area contributed by atoms with Gasteiger partial charge in [-0.2, -0.15) is 0 Å². The summed E-state index contributed by atoms with van der Waals surface area (Å²) < 4.78 is 7.45. The highest BCUT2D eigenvalue weighted by molar-refractivity contribution is 5.96. The topological polar surface area (TPSA) is 69.3 Å². The number of fused-ring (bicyclic) bond motifs is 1. The second kappa shape index (κ2) is 7.92. The Balaban J connectivity index is 1.59. The summed E-state index contributed by atoms with van der Waals surface area (Å²) in [5.74, 6) is 7.51. The van der Waals surface area contributed by atoms with Gasteiger partial charge in [-0.3, -0.25) is 4.79 Å². The lowest BCUT2D eigenvalue weighted by Gasteiger charge is -2.23. The number of nitrogens with one attached hydrogen (secondary N) is 1. The minimum absolute atomic E-state index is 0.116. The number of anilines is 2. The molecular weight excluding hydrogens is 362 g/mol. The number of benzene rings is 2. The van der Waals surface area contributed by atoms with E-state index in [9.17, 15) is 4.79 Å². The van der Waals surface area contributed by atoms with Crippen LogP contribution in [0.2, 0.25) is 0 Å². The molecule has 4 rings (SSSR count). The summed E-state index contributed by atoms with van der Waals surface area (Å²) >= 11 is 0. The van der Waals surface area contributed by atoms with Gasteiger partial charge in [0.15, 0.2) is 0 Å². The molecule has 5 heteroatoms. The van der Waals surface area contributed by atoms with Crippen molar-refractivity contribution in [3.63, 3.8) is 0 Å². The van der Waals surface area contributed by atoms with Crippen molar-refractivity contribution in [2.24, 2.45) is 5.92 Å². The van der Waals surface area contributed by atoms with Crippen molar-refractivity contribution in [2.45, 2.75) is 32.7 Å². The Kier molecular flexibility index (Phi) is 5.18. The van der Waals surface area contributed by atoms with Crippen LogP contribution in [0.3, 0.4) is 0 Å². The fourth-order valence-corrected chi connectivity index (χ4v) is 3.63. The molecule has 0 atom stereocenters. The third-order valence-corrected chi connectivity index (χ3v) is 5.58. The van der Waals surface area contributed by atoms with Gasteiger partial charge in [-0.1, -0.05) is 12.3 Å². The molecule has 1 fully saturated rings. The number of nitrogens with two attached hydrogens (primary N) is 1. The van der Waals surface area contributed by atoms with Gasteiger partial charge in [0, 0.05) is 35.2 Å². The van der Waals surface area contributed by atoms with E-state index < -0.39 is 0 Å². The van der Waals surface area contributed by atoms with Gasteiger partial charge < -0.3 is 20.4 Å². The maximum absolute atomic E-state index is 12.1. The summed E-state index contributed by atoms with van der Waals surface area (Å²) in [5, 5.41) is 3.96. The third-order valence-electron chi connectivity index (χ3n) is 5.58.